The molecule has 0 aromatic carbocycles. The molecule has 0 heterocycles. The fourth-order valence-electron chi connectivity index (χ4n) is 3.40. The van der Waals surface area contributed by atoms with Crippen LogP contribution in [0.4, 0.5) is 0 Å². The van der Waals surface area contributed by atoms with Gasteiger partial charge < -0.3 is 0 Å². The maximum Gasteiger partial charge on any atom is 0.161 e. The molecule has 0 amide bonds. The van der Waals surface area contributed by atoms with Gasteiger partial charge >= 0.3 is 0 Å². The van der Waals surface area contributed by atoms with E-state index in [-0.39, 0.29) is 5.41 Å². The lowest BCUT2D eigenvalue weighted by molar-refractivity contribution is -0.127. The van der Waals surface area contributed by atoms with Crippen molar-refractivity contribution in [2.24, 2.45) is 23.2 Å². The molecule has 1 nitrogen and oxygen atoms in total. The van der Waals surface area contributed by atoms with Gasteiger partial charge in [0, 0.05) is 5.41 Å². The van der Waals surface area contributed by atoms with Gasteiger partial charge in [0.25, 0.3) is 0 Å². The van der Waals surface area contributed by atoms with Gasteiger partial charge in [-0.05, 0) is 36.7 Å². The first-order valence-corrected chi connectivity index (χ1v) is 5.26. The first-order chi connectivity index (χ1) is 6.04. The predicted molar refractivity (Wildman–Crippen MR) is 53.3 cm³/mol. The minimum atomic E-state index is -0.0584. The average Bonchev–Trinajstić information content (AvgIpc) is 2.27. The number of hydrogen-bond donors (Lipinski definition) is 0. The molecule has 0 N–H and O–H groups in total. The van der Waals surface area contributed by atoms with E-state index < -0.39 is 0 Å². The van der Waals surface area contributed by atoms with E-state index in [2.05, 4.69) is 26.8 Å². The molecule has 2 aliphatic rings. The molecule has 0 radical (unpaired) electrons. The molecule has 1 fully saturated rings. The molecule has 0 aromatic heterocycles. The Balaban J connectivity index is 2.31. The van der Waals surface area contributed by atoms with Gasteiger partial charge in [0.1, 0.15) is 0 Å². The standard InChI is InChI=1S/C12H18O/c1-8-6-9(2)10-4-5-11(13)12(10,3)7-8/h4-5,8-10H,6-7H2,1-3H3/t8-,9+,10-,12-/m1/s1. The third-order valence-corrected chi connectivity index (χ3v) is 3.91. The predicted octanol–water partition coefficient (Wildman–Crippen LogP) is 2.81. The zero-order chi connectivity index (χ0) is 9.64. The molecule has 1 heteroatoms. The van der Waals surface area contributed by atoms with Crippen LogP contribution < -0.4 is 0 Å². The molecule has 0 unspecified atom stereocenters. The second-order valence-electron chi connectivity index (χ2n) is 5.19. The third kappa shape index (κ3) is 1.17. The number of carbonyl (C=O) groups is 1. The molecule has 2 rings (SSSR count). The zero-order valence-corrected chi connectivity index (χ0v) is 8.71. The van der Waals surface area contributed by atoms with Gasteiger partial charge in [0.2, 0.25) is 0 Å². The molecule has 0 spiro atoms. The Morgan fingerprint density at radius 3 is 2.85 bits per heavy atom. The second kappa shape index (κ2) is 2.70. The van der Waals surface area contributed by atoms with Gasteiger partial charge in [0.15, 0.2) is 5.78 Å². The molecule has 0 aliphatic heterocycles. The van der Waals surface area contributed by atoms with E-state index in [1.807, 2.05) is 0 Å². The molecule has 13 heavy (non-hydrogen) atoms. The largest absolute Gasteiger partial charge is 0.294 e. The Labute approximate surface area is 80.2 Å². The van der Waals surface area contributed by atoms with Crippen molar-refractivity contribution < 1.29 is 4.79 Å². The minimum absolute atomic E-state index is 0.0584. The Morgan fingerprint density at radius 1 is 1.46 bits per heavy atom. The van der Waals surface area contributed by atoms with Crippen LogP contribution in [0.15, 0.2) is 12.2 Å². The Hall–Kier alpha value is -0.590. The third-order valence-electron chi connectivity index (χ3n) is 3.91. The van der Waals surface area contributed by atoms with Crippen molar-refractivity contribution >= 4 is 5.78 Å². The van der Waals surface area contributed by atoms with Crippen LogP contribution in [0, 0.1) is 23.2 Å². The van der Waals surface area contributed by atoms with E-state index in [1.165, 1.54) is 6.42 Å². The van der Waals surface area contributed by atoms with Gasteiger partial charge in [-0.1, -0.05) is 26.8 Å². The molecule has 4 atom stereocenters. The number of rotatable bonds is 0. The van der Waals surface area contributed by atoms with Crippen LogP contribution in [-0.2, 0) is 4.79 Å². The van der Waals surface area contributed by atoms with Crippen molar-refractivity contribution in [3.63, 3.8) is 0 Å². The number of hydrogen-bond acceptors (Lipinski definition) is 1. The summed E-state index contributed by atoms with van der Waals surface area (Å²) in [5.41, 5.74) is -0.0584. The smallest absolute Gasteiger partial charge is 0.161 e. The summed E-state index contributed by atoms with van der Waals surface area (Å²) in [5, 5.41) is 0. The first-order valence-electron chi connectivity index (χ1n) is 5.26. The van der Waals surface area contributed by atoms with E-state index in [0.717, 1.165) is 6.42 Å². The fraction of sp³-hybridized carbons (Fsp3) is 0.750. The highest BCUT2D eigenvalue weighted by molar-refractivity contribution is 5.97. The highest BCUT2D eigenvalue weighted by Crippen LogP contribution is 2.50. The van der Waals surface area contributed by atoms with Crippen molar-refractivity contribution in [1.29, 1.82) is 0 Å². The lowest BCUT2D eigenvalue weighted by atomic mass is 9.61. The molecule has 0 saturated heterocycles. The molecule has 72 valence electrons. The highest BCUT2D eigenvalue weighted by Gasteiger charge is 2.48. The topological polar surface area (TPSA) is 17.1 Å². The lowest BCUT2D eigenvalue weighted by Crippen LogP contribution is -2.39. The van der Waals surface area contributed by atoms with E-state index in [9.17, 15) is 4.79 Å². The van der Waals surface area contributed by atoms with Gasteiger partial charge in [-0.15, -0.1) is 0 Å². The van der Waals surface area contributed by atoms with Gasteiger partial charge in [-0.3, -0.25) is 4.79 Å². The number of ketones is 1. The van der Waals surface area contributed by atoms with Crippen LogP contribution in [0.2, 0.25) is 0 Å². The van der Waals surface area contributed by atoms with Crippen molar-refractivity contribution in [1.82, 2.24) is 0 Å². The summed E-state index contributed by atoms with van der Waals surface area (Å²) in [5.74, 6) is 2.25. The number of allylic oxidation sites excluding steroid dienone is 2. The molecule has 0 bridgehead atoms. The average molecular weight is 178 g/mol. The first kappa shape index (κ1) is 8.98. The summed E-state index contributed by atoms with van der Waals surface area (Å²) in [6, 6.07) is 0. The van der Waals surface area contributed by atoms with E-state index in [4.69, 9.17) is 0 Å². The van der Waals surface area contributed by atoms with E-state index in [0.29, 0.717) is 23.5 Å². The van der Waals surface area contributed by atoms with Crippen LogP contribution in [-0.4, -0.2) is 5.78 Å². The lowest BCUT2D eigenvalue weighted by Gasteiger charge is -2.42. The van der Waals surface area contributed by atoms with Crippen LogP contribution in [0.1, 0.15) is 33.6 Å². The van der Waals surface area contributed by atoms with Crippen LogP contribution >= 0.6 is 0 Å². The number of fused-ring (bicyclic) bond motifs is 1. The molecule has 1 saturated carbocycles. The summed E-state index contributed by atoms with van der Waals surface area (Å²) >= 11 is 0. The maximum atomic E-state index is 11.7. The number of carbonyl (C=O) groups excluding carboxylic acids is 1. The summed E-state index contributed by atoms with van der Waals surface area (Å²) in [6.45, 7) is 6.69. The summed E-state index contributed by atoms with van der Waals surface area (Å²) < 4.78 is 0. The molecular weight excluding hydrogens is 160 g/mol. The normalized spacial score (nSPS) is 49.5. The molecule has 2 aliphatic carbocycles. The summed E-state index contributed by atoms with van der Waals surface area (Å²) in [4.78, 5) is 11.7. The van der Waals surface area contributed by atoms with Crippen molar-refractivity contribution in [3.8, 4) is 0 Å². The summed E-state index contributed by atoms with van der Waals surface area (Å²) in [6.07, 6.45) is 6.30. The van der Waals surface area contributed by atoms with Crippen molar-refractivity contribution in [3.05, 3.63) is 12.2 Å². The molecular formula is C12H18O. The van der Waals surface area contributed by atoms with Gasteiger partial charge in [0.05, 0.1) is 0 Å². The highest BCUT2D eigenvalue weighted by atomic mass is 16.1. The second-order valence-corrected chi connectivity index (χ2v) is 5.19. The SMILES string of the molecule is C[C@@H]1C[C@H](C)[C@H]2C=CC(=O)[C@]2(C)C1. The minimum Gasteiger partial charge on any atom is -0.294 e. The van der Waals surface area contributed by atoms with Crippen molar-refractivity contribution in [2.45, 2.75) is 33.6 Å². The van der Waals surface area contributed by atoms with Crippen LogP contribution in [0.25, 0.3) is 0 Å². The Bertz CT molecular complexity index is 266. The van der Waals surface area contributed by atoms with Gasteiger partial charge in [-0.25, -0.2) is 0 Å². The van der Waals surface area contributed by atoms with Gasteiger partial charge in [-0.2, -0.15) is 0 Å². The monoisotopic (exact) mass is 178 g/mol. The Morgan fingerprint density at radius 2 is 2.15 bits per heavy atom. The Kier molecular flexibility index (Phi) is 1.86. The fourth-order valence-corrected chi connectivity index (χ4v) is 3.40. The molecule has 0 aromatic rings. The van der Waals surface area contributed by atoms with Crippen LogP contribution in [0.5, 0.6) is 0 Å². The van der Waals surface area contributed by atoms with E-state index in [1.54, 1.807) is 6.08 Å². The van der Waals surface area contributed by atoms with Crippen molar-refractivity contribution in [2.75, 3.05) is 0 Å². The quantitative estimate of drug-likeness (QED) is 0.557. The maximum absolute atomic E-state index is 11.7. The van der Waals surface area contributed by atoms with E-state index >= 15 is 0 Å². The van der Waals surface area contributed by atoms with Crippen LogP contribution in [0.3, 0.4) is 0 Å². The zero-order valence-electron chi connectivity index (χ0n) is 8.71. The summed E-state index contributed by atoms with van der Waals surface area (Å²) in [7, 11) is 0.